The van der Waals surface area contributed by atoms with Gasteiger partial charge in [0.1, 0.15) is 5.82 Å². The van der Waals surface area contributed by atoms with Crippen LogP contribution in [-0.2, 0) is 17.8 Å². The van der Waals surface area contributed by atoms with E-state index in [1.54, 1.807) is 4.57 Å². The zero-order valence-corrected chi connectivity index (χ0v) is 16.7. The second kappa shape index (κ2) is 8.49. The number of aryl methyl sites for hydroxylation is 1. The first-order valence-corrected chi connectivity index (χ1v) is 9.98. The first-order chi connectivity index (χ1) is 14.5. The van der Waals surface area contributed by atoms with E-state index >= 15 is 0 Å². The Morgan fingerprint density at radius 1 is 1.07 bits per heavy atom. The van der Waals surface area contributed by atoms with E-state index in [0.717, 1.165) is 25.2 Å². The van der Waals surface area contributed by atoms with Crippen molar-refractivity contribution in [2.75, 3.05) is 32.8 Å². The van der Waals surface area contributed by atoms with Gasteiger partial charge in [-0.15, -0.1) is 0 Å². The summed E-state index contributed by atoms with van der Waals surface area (Å²) in [5, 5.41) is 0. The number of H-pyrrole nitrogens is 1. The molecule has 1 saturated heterocycles. The Morgan fingerprint density at radius 2 is 1.83 bits per heavy atom. The maximum Gasteiger partial charge on any atom is 0.330 e. The molecular formula is C20H23F2N5O3. The number of aromatic amines is 1. The molecule has 0 radical (unpaired) electrons. The van der Waals surface area contributed by atoms with Gasteiger partial charge < -0.3 is 9.30 Å². The summed E-state index contributed by atoms with van der Waals surface area (Å²) in [6, 6.07) is 3.50. The summed E-state index contributed by atoms with van der Waals surface area (Å²) in [7, 11) is 0. The molecule has 10 heteroatoms. The van der Waals surface area contributed by atoms with Gasteiger partial charge in [-0.1, -0.05) is 6.92 Å². The molecule has 1 fully saturated rings. The smallest absolute Gasteiger partial charge is 0.330 e. The van der Waals surface area contributed by atoms with Crippen LogP contribution < -0.4 is 11.2 Å². The molecule has 2 aromatic heterocycles. The number of aromatic nitrogens is 4. The molecule has 0 bridgehead atoms. The highest BCUT2D eigenvalue weighted by Crippen LogP contribution is 2.24. The first-order valence-electron chi connectivity index (χ1n) is 9.98. The second-order valence-electron chi connectivity index (χ2n) is 7.25. The van der Waals surface area contributed by atoms with E-state index in [9.17, 15) is 18.4 Å². The van der Waals surface area contributed by atoms with E-state index in [-0.39, 0.29) is 11.2 Å². The standard InChI is InChI=1S/C20H23F2N5O3/c1-2-5-27-18-16(19(28)24-20(27)29)26(7-6-25-8-10-30-11-9-25)17(23-18)13-3-4-14(21)15(22)12-13/h3-4,12H,2,5-11H2,1H3,(H,24,28,29). The number of imidazole rings is 1. The second-order valence-corrected chi connectivity index (χ2v) is 7.25. The monoisotopic (exact) mass is 419 g/mol. The normalized spacial score (nSPS) is 15.2. The third kappa shape index (κ3) is 3.80. The van der Waals surface area contributed by atoms with Crippen LogP contribution in [0.5, 0.6) is 0 Å². The van der Waals surface area contributed by atoms with Crippen LogP contribution in [0.2, 0.25) is 0 Å². The third-order valence-corrected chi connectivity index (χ3v) is 5.25. The van der Waals surface area contributed by atoms with E-state index < -0.39 is 22.9 Å². The van der Waals surface area contributed by atoms with Gasteiger partial charge in [-0.05, 0) is 24.6 Å². The average Bonchev–Trinajstić information content (AvgIpc) is 3.12. The van der Waals surface area contributed by atoms with Gasteiger partial charge >= 0.3 is 5.69 Å². The highest BCUT2D eigenvalue weighted by Gasteiger charge is 2.21. The molecule has 30 heavy (non-hydrogen) atoms. The zero-order valence-electron chi connectivity index (χ0n) is 16.7. The summed E-state index contributed by atoms with van der Waals surface area (Å²) in [4.78, 5) is 34.1. The third-order valence-electron chi connectivity index (χ3n) is 5.25. The van der Waals surface area contributed by atoms with Crippen molar-refractivity contribution in [3.8, 4) is 11.4 Å². The number of morpholine rings is 1. The number of nitrogens with zero attached hydrogens (tertiary/aromatic N) is 4. The Balaban J connectivity index is 1.88. The van der Waals surface area contributed by atoms with Crippen LogP contribution in [-0.4, -0.2) is 56.9 Å². The van der Waals surface area contributed by atoms with Crippen molar-refractivity contribution >= 4 is 11.2 Å². The van der Waals surface area contributed by atoms with E-state index in [1.807, 2.05) is 6.92 Å². The molecule has 1 aromatic carbocycles. The fraction of sp³-hybridized carbons (Fsp3) is 0.450. The lowest BCUT2D eigenvalue weighted by Crippen LogP contribution is -2.38. The molecule has 160 valence electrons. The summed E-state index contributed by atoms with van der Waals surface area (Å²) in [5.74, 6) is -1.65. The predicted octanol–water partition coefficient (Wildman–Crippen LogP) is 1.57. The summed E-state index contributed by atoms with van der Waals surface area (Å²) in [5.41, 5.74) is -0.264. The lowest BCUT2D eigenvalue weighted by atomic mass is 10.2. The van der Waals surface area contributed by atoms with Crippen molar-refractivity contribution < 1.29 is 13.5 Å². The largest absolute Gasteiger partial charge is 0.379 e. The van der Waals surface area contributed by atoms with Gasteiger partial charge in [-0.2, -0.15) is 0 Å². The Morgan fingerprint density at radius 3 is 2.53 bits per heavy atom. The van der Waals surface area contributed by atoms with Crippen molar-refractivity contribution in [2.24, 2.45) is 0 Å². The molecule has 0 unspecified atom stereocenters. The first kappa shape index (κ1) is 20.4. The van der Waals surface area contributed by atoms with Crippen molar-refractivity contribution in [3.05, 3.63) is 50.7 Å². The van der Waals surface area contributed by atoms with Crippen molar-refractivity contribution in [1.29, 1.82) is 0 Å². The minimum absolute atomic E-state index is 0.243. The molecule has 0 amide bonds. The van der Waals surface area contributed by atoms with Crippen LogP contribution in [0.25, 0.3) is 22.6 Å². The molecule has 4 rings (SSSR count). The van der Waals surface area contributed by atoms with Gasteiger partial charge in [0.15, 0.2) is 22.8 Å². The van der Waals surface area contributed by atoms with Crippen LogP contribution in [0.3, 0.4) is 0 Å². The molecule has 0 saturated carbocycles. The number of rotatable bonds is 6. The maximum absolute atomic E-state index is 13.9. The van der Waals surface area contributed by atoms with Crippen LogP contribution >= 0.6 is 0 Å². The van der Waals surface area contributed by atoms with Crippen molar-refractivity contribution in [1.82, 2.24) is 24.0 Å². The quantitative estimate of drug-likeness (QED) is 0.656. The summed E-state index contributed by atoms with van der Waals surface area (Å²) in [6.07, 6.45) is 0.669. The number of hydrogen-bond donors (Lipinski definition) is 1. The molecule has 1 aliphatic heterocycles. The lowest BCUT2D eigenvalue weighted by molar-refractivity contribution is 0.0365. The van der Waals surface area contributed by atoms with E-state index in [4.69, 9.17) is 4.74 Å². The van der Waals surface area contributed by atoms with Gasteiger partial charge in [0.25, 0.3) is 5.56 Å². The molecule has 0 spiro atoms. The summed E-state index contributed by atoms with van der Waals surface area (Å²) in [6.45, 7) is 6.12. The topological polar surface area (TPSA) is 85.2 Å². The summed E-state index contributed by atoms with van der Waals surface area (Å²) < 4.78 is 35.8. The molecule has 1 aliphatic rings. The van der Waals surface area contributed by atoms with Gasteiger partial charge in [-0.3, -0.25) is 19.2 Å². The zero-order chi connectivity index (χ0) is 21.3. The maximum atomic E-state index is 13.9. The van der Waals surface area contributed by atoms with Gasteiger partial charge in [0, 0.05) is 38.3 Å². The predicted molar refractivity (Wildman–Crippen MR) is 108 cm³/mol. The van der Waals surface area contributed by atoms with E-state index in [0.29, 0.717) is 50.7 Å². The minimum Gasteiger partial charge on any atom is -0.379 e. The Bertz CT molecular complexity index is 1180. The molecule has 8 nitrogen and oxygen atoms in total. The fourth-order valence-electron chi connectivity index (χ4n) is 3.74. The lowest BCUT2D eigenvalue weighted by Gasteiger charge is -2.26. The molecule has 3 heterocycles. The molecule has 0 aliphatic carbocycles. The van der Waals surface area contributed by atoms with Crippen LogP contribution in [0.4, 0.5) is 8.78 Å². The highest BCUT2D eigenvalue weighted by atomic mass is 19.2. The number of benzene rings is 1. The van der Waals surface area contributed by atoms with Crippen LogP contribution in [0.15, 0.2) is 27.8 Å². The molecular weight excluding hydrogens is 396 g/mol. The number of ether oxygens (including phenoxy) is 1. The average molecular weight is 419 g/mol. The van der Waals surface area contributed by atoms with Gasteiger partial charge in [0.2, 0.25) is 0 Å². The van der Waals surface area contributed by atoms with Crippen molar-refractivity contribution in [2.45, 2.75) is 26.4 Å². The minimum atomic E-state index is -1.00. The Labute approximate surface area is 170 Å². The molecule has 0 atom stereocenters. The van der Waals surface area contributed by atoms with Gasteiger partial charge in [0.05, 0.1) is 13.2 Å². The number of hydrogen-bond acceptors (Lipinski definition) is 5. The van der Waals surface area contributed by atoms with Crippen molar-refractivity contribution in [3.63, 3.8) is 0 Å². The number of halogens is 2. The van der Waals surface area contributed by atoms with E-state index in [2.05, 4.69) is 14.9 Å². The Kier molecular flexibility index (Phi) is 5.78. The highest BCUT2D eigenvalue weighted by molar-refractivity contribution is 5.77. The van der Waals surface area contributed by atoms with E-state index in [1.165, 1.54) is 10.6 Å². The molecule has 3 aromatic rings. The fourth-order valence-corrected chi connectivity index (χ4v) is 3.74. The SMILES string of the molecule is CCCn1c(=O)[nH]c(=O)c2c1nc(-c1ccc(F)c(F)c1)n2CCN1CCOCC1. The summed E-state index contributed by atoms with van der Waals surface area (Å²) >= 11 is 0. The number of fused-ring (bicyclic) bond motifs is 1. The Hall–Kier alpha value is -2.85. The number of nitrogens with one attached hydrogen (secondary N) is 1. The molecule has 1 N–H and O–H groups in total. The van der Waals surface area contributed by atoms with Gasteiger partial charge in [-0.25, -0.2) is 18.6 Å². The van der Waals surface area contributed by atoms with Crippen LogP contribution in [0, 0.1) is 11.6 Å². The van der Waals surface area contributed by atoms with Crippen LogP contribution in [0.1, 0.15) is 13.3 Å².